The lowest BCUT2D eigenvalue weighted by atomic mass is 9.73. The van der Waals surface area contributed by atoms with Crippen molar-refractivity contribution in [1.82, 2.24) is 4.90 Å². The largest absolute Gasteiger partial charge is 0.465 e. The van der Waals surface area contributed by atoms with Gasteiger partial charge in [0.05, 0.1) is 11.2 Å². The summed E-state index contributed by atoms with van der Waals surface area (Å²) < 4.78 is 29.6. The minimum atomic E-state index is -2.95. The van der Waals surface area contributed by atoms with Crippen LogP contribution in [0.3, 0.4) is 0 Å². The first-order valence-electron chi connectivity index (χ1n) is 8.17. The topological polar surface area (TPSA) is 79.0 Å². The molecule has 8 heteroatoms. The highest BCUT2D eigenvalue weighted by molar-refractivity contribution is 5.70. The van der Waals surface area contributed by atoms with E-state index < -0.39 is 18.2 Å². The monoisotopic (exact) mass is 355 g/mol. The molecule has 0 spiro atoms. The van der Waals surface area contributed by atoms with E-state index in [1.807, 2.05) is 20.8 Å². The van der Waals surface area contributed by atoms with E-state index in [0.717, 1.165) is 0 Å². The average Bonchev–Trinajstić information content (AvgIpc) is 3.05. The molecule has 0 saturated carbocycles. The van der Waals surface area contributed by atoms with Gasteiger partial charge in [0, 0.05) is 30.9 Å². The van der Waals surface area contributed by atoms with Gasteiger partial charge in [-0.1, -0.05) is 20.8 Å². The summed E-state index contributed by atoms with van der Waals surface area (Å²) in [7, 11) is 0. The van der Waals surface area contributed by atoms with Crippen LogP contribution in [0.15, 0.2) is 18.2 Å². The summed E-state index contributed by atoms with van der Waals surface area (Å²) in [4.78, 5) is 15.3. The molecule has 1 amide bonds. The fourth-order valence-electron chi connectivity index (χ4n) is 4.13. The Morgan fingerprint density at radius 1 is 1.44 bits per heavy atom. The Bertz CT molecular complexity index is 692. The maximum absolute atomic E-state index is 12.6. The Morgan fingerprint density at radius 2 is 2.12 bits per heavy atom. The molecule has 1 aromatic carbocycles. The number of amides is 1. The van der Waals surface area contributed by atoms with E-state index in [9.17, 15) is 18.7 Å². The summed E-state index contributed by atoms with van der Waals surface area (Å²) in [6, 6.07) is 4.80. The van der Waals surface area contributed by atoms with Crippen molar-refractivity contribution in [2.75, 3.05) is 23.7 Å². The Kier molecular flexibility index (Phi) is 3.96. The van der Waals surface area contributed by atoms with Gasteiger partial charge in [0.15, 0.2) is 5.75 Å². The van der Waals surface area contributed by atoms with E-state index in [0.29, 0.717) is 25.2 Å². The number of likely N-dealkylation sites (tertiary alicyclic amines) is 1. The third-order valence-corrected chi connectivity index (χ3v) is 5.53. The molecule has 0 unspecified atom stereocenters. The molecule has 2 bridgehead atoms. The van der Waals surface area contributed by atoms with Crippen molar-refractivity contribution in [3.05, 3.63) is 18.2 Å². The molecule has 0 aromatic heterocycles. The molecular formula is C17H23F2N3O3. The summed E-state index contributed by atoms with van der Waals surface area (Å²) in [5.41, 5.74) is 5.79. The van der Waals surface area contributed by atoms with Crippen molar-refractivity contribution in [2.24, 2.45) is 5.41 Å². The number of hydrogen-bond donors (Lipinski definition) is 2. The number of halogens is 2. The number of alkyl halides is 2. The minimum absolute atomic E-state index is 0.00153. The zero-order valence-electron chi connectivity index (χ0n) is 14.5. The van der Waals surface area contributed by atoms with E-state index in [1.54, 1.807) is 6.07 Å². The van der Waals surface area contributed by atoms with E-state index >= 15 is 0 Å². The number of nitrogens with zero attached hydrogens (tertiary/aromatic N) is 2. The van der Waals surface area contributed by atoms with Crippen LogP contribution in [0.5, 0.6) is 5.75 Å². The zero-order valence-corrected chi connectivity index (χ0v) is 14.5. The molecular weight excluding hydrogens is 332 g/mol. The molecule has 6 nitrogen and oxygen atoms in total. The highest BCUT2D eigenvalue weighted by atomic mass is 19.3. The number of carboxylic acid groups (broad SMARTS) is 1. The molecule has 2 heterocycles. The number of nitrogen functional groups attached to an aromatic ring is 1. The maximum atomic E-state index is 12.6. The van der Waals surface area contributed by atoms with Crippen molar-refractivity contribution >= 4 is 17.5 Å². The number of piperazine rings is 1. The van der Waals surface area contributed by atoms with Crippen LogP contribution in [0, 0.1) is 5.41 Å². The Balaban J connectivity index is 1.94. The minimum Gasteiger partial charge on any atom is -0.465 e. The van der Waals surface area contributed by atoms with Crippen LogP contribution in [0.1, 0.15) is 27.2 Å². The van der Waals surface area contributed by atoms with Gasteiger partial charge in [-0.3, -0.25) is 4.90 Å². The zero-order chi connectivity index (χ0) is 18.6. The predicted molar refractivity (Wildman–Crippen MR) is 90.2 cm³/mol. The second-order valence-electron chi connectivity index (χ2n) is 7.76. The van der Waals surface area contributed by atoms with Gasteiger partial charge in [0.25, 0.3) is 0 Å². The number of ether oxygens (including phenoxy) is 1. The first-order chi connectivity index (χ1) is 11.5. The third kappa shape index (κ3) is 2.73. The van der Waals surface area contributed by atoms with Gasteiger partial charge in [0.2, 0.25) is 0 Å². The van der Waals surface area contributed by atoms with Crippen LogP contribution in [0.25, 0.3) is 0 Å². The van der Waals surface area contributed by atoms with Crippen molar-refractivity contribution in [2.45, 2.75) is 45.4 Å². The molecule has 0 radical (unpaired) electrons. The average molecular weight is 355 g/mol. The summed E-state index contributed by atoms with van der Waals surface area (Å²) in [5.74, 6) is -0.0600. The predicted octanol–water partition coefficient (Wildman–Crippen LogP) is 3.23. The lowest BCUT2D eigenvalue weighted by Gasteiger charge is -2.48. The van der Waals surface area contributed by atoms with Crippen LogP contribution in [0.4, 0.5) is 25.0 Å². The van der Waals surface area contributed by atoms with Gasteiger partial charge in [-0.05, 0) is 24.0 Å². The number of anilines is 2. The molecule has 2 atom stereocenters. The van der Waals surface area contributed by atoms with Crippen molar-refractivity contribution in [3.8, 4) is 5.75 Å². The molecule has 2 saturated heterocycles. The van der Waals surface area contributed by atoms with E-state index in [1.165, 1.54) is 17.0 Å². The van der Waals surface area contributed by atoms with Crippen LogP contribution in [0.2, 0.25) is 0 Å². The number of benzene rings is 1. The molecule has 2 aliphatic heterocycles. The van der Waals surface area contributed by atoms with Crippen molar-refractivity contribution < 1.29 is 23.4 Å². The fourth-order valence-corrected chi connectivity index (χ4v) is 4.13. The second kappa shape index (κ2) is 5.64. The Labute approximate surface area is 145 Å². The molecule has 3 rings (SSSR count). The van der Waals surface area contributed by atoms with Gasteiger partial charge < -0.3 is 20.5 Å². The normalized spacial score (nSPS) is 25.8. The van der Waals surface area contributed by atoms with Gasteiger partial charge in [-0.2, -0.15) is 8.78 Å². The van der Waals surface area contributed by atoms with Gasteiger partial charge in [-0.25, -0.2) is 4.79 Å². The number of hydrogen-bond acceptors (Lipinski definition) is 4. The maximum Gasteiger partial charge on any atom is 0.407 e. The molecule has 2 fully saturated rings. The summed E-state index contributed by atoms with van der Waals surface area (Å²) >= 11 is 0. The highest BCUT2D eigenvalue weighted by Gasteiger charge is 2.61. The quantitative estimate of drug-likeness (QED) is 0.814. The number of fused-ring (bicyclic) bond motifs is 2. The lowest BCUT2D eigenvalue weighted by Crippen LogP contribution is -2.61. The van der Waals surface area contributed by atoms with E-state index in [2.05, 4.69) is 9.64 Å². The molecule has 25 heavy (non-hydrogen) atoms. The highest BCUT2D eigenvalue weighted by Crippen LogP contribution is 2.51. The Hall–Kier alpha value is -2.25. The van der Waals surface area contributed by atoms with E-state index in [4.69, 9.17) is 5.73 Å². The molecule has 3 N–H and O–H groups in total. The third-order valence-electron chi connectivity index (χ3n) is 5.53. The number of carbonyl (C=O) groups is 1. The fraction of sp³-hybridized carbons (Fsp3) is 0.588. The summed E-state index contributed by atoms with van der Waals surface area (Å²) in [5, 5.41) is 9.59. The smallest absolute Gasteiger partial charge is 0.407 e. The molecule has 138 valence electrons. The standard InChI is InChI=1S/C17H23F2N3O3/c1-16(2,3)17-7-11(8-22(17)15(23)24)21(9-17)10-4-5-12(20)13(6-10)25-14(18)19/h4-6,11,14H,7-9,20H2,1-3H3,(H,23,24)/t11-,17+/m0/s1. The second-order valence-corrected chi connectivity index (χ2v) is 7.76. The summed E-state index contributed by atoms with van der Waals surface area (Å²) in [6.45, 7) is 4.04. The van der Waals surface area contributed by atoms with E-state index in [-0.39, 0.29) is 22.9 Å². The van der Waals surface area contributed by atoms with Crippen molar-refractivity contribution in [1.29, 1.82) is 0 Å². The van der Waals surface area contributed by atoms with Gasteiger partial charge in [0.1, 0.15) is 0 Å². The Morgan fingerprint density at radius 3 is 2.68 bits per heavy atom. The molecule has 1 aromatic rings. The van der Waals surface area contributed by atoms with Gasteiger partial charge in [-0.15, -0.1) is 0 Å². The molecule has 0 aliphatic carbocycles. The van der Waals surface area contributed by atoms with Gasteiger partial charge >= 0.3 is 12.7 Å². The van der Waals surface area contributed by atoms with Crippen LogP contribution in [-0.4, -0.2) is 47.4 Å². The van der Waals surface area contributed by atoms with Crippen LogP contribution < -0.4 is 15.4 Å². The first-order valence-corrected chi connectivity index (χ1v) is 8.17. The summed E-state index contributed by atoms with van der Waals surface area (Å²) in [6.07, 6.45) is -0.214. The lowest BCUT2D eigenvalue weighted by molar-refractivity contribution is -0.0493. The molecule has 2 aliphatic rings. The van der Waals surface area contributed by atoms with Crippen molar-refractivity contribution in [3.63, 3.8) is 0 Å². The van der Waals surface area contributed by atoms with Crippen LogP contribution in [-0.2, 0) is 0 Å². The number of nitrogens with two attached hydrogens (primary N) is 1. The first kappa shape index (κ1) is 17.6. The SMILES string of the molecule is CC(C)(C)[C@]12C[C@@H](CN1C(=O)O)N(c1ccc(N)c(OC(F)F)c1)C2. The number of rotatable bonds is 3. The van der Waals surface area contributed by atoms with Crippen LogP contribution >= 0.6 is 0 Å².